The van der Waals surface area contributed by atoms with Gasteiger partial charge in [-0.2, -0.15) is 0 Å². The molecule has 0 spiro atoms. The van der Waals surface area contributed by atoms with Gasteiger partial charge in [0.15, 0.2) is 5.78 Å². The summed E-state index contributed by atoms with van der Waals surface area (Å²) in [5, 5.41) is 49.4. The van der Waals surface area contributed by atoms with Crippen molar-refractivity contribution in [2.24, 2.45) is 0 Å². The molecule has 0 amide bonds. The highest BCUT2D eigenvalue weighted by Gasteiger charge is 2.42. The molecule has 1 aliphatic heterocycles. The van der Waals surface area contributed by atoms with Crippen molar-refractivity contribution >= 4 is 11.6 Å². The Morgan fingerprint density at radius 3 is 2.35 bits per heavy atom. The molecule has 4 rings (SSSR count). The molecule has 0 saturated heterocycles. The number of aliphatic hydroxyl groups excluding tert-OH is 2. The highest BCUT2D eigenvalue weighted by Crippen LogP contribution is 2.50. The van der Waals surface area contributed by atoms with E-state index in [1.165, 1.54) is 6.07 Å². The Kier molecular flexibility index (Phi) is 3.43. The lowest BCUT2D eigenvalue weighted by Crippen LogP contribution is -2.22. The van der Waals surface area contributed by atoms with Gasteiger partial charge in [-0.05, 0) is 18.6 Å². The van der Waals surface area contributed by atoms with Crippen LogP contribution in [-0.2, 0) is 0 Å². The van der Waals surface area contributed by atoms with E-state index in [0.717, 1.165) is 12.1 Å². The fraction of sp³-hybridized carbons (Fsp3) is 0.222. The highest BCUT2D eigenvalue weighted by molar-refractivity contribution is 6.30. The minimum absolute atomic E-state index is 0.0428. The molecule has 8 heteroatoms. The number of fused-ring (bicyclic) bond motifs is 3. The first-order chi connectivity index (χ1) is 12.3. The number of carbonyl (C=O) groups is 2. The van der Waals surface area contributed by atoms with Gasteiger partial charge in [-0.3, -0.25) is 9.59 Å². The van der Waals surface area contributed by atoms with E-state index in [1.807, 2.05) is 0 Å². The fourth-order valence-corrected chi connectivity index (χ4v) is 3.61. The largest absolute Gasteiger partial charge is 0.508 e. The van der Waals surface area contributed by atoms with Crippen molar-refractivity contribution in [2.45, 2.75) is 18.6 Å². The van der Waals surface area contributed by atoms with E-state index >= 15 is 0 Å². The van der Waals surface area contributed by atoms with Crippen molar-refractivity contribution in [1.82, 2.24) is 0 Å². The molecular weight excluding hydrogens is 344 g/mol. The van der Waals surface area contributed by atoms with Crippen molar-refractivity contribution < 1.29 is 39.9 Å². The zero-order valence-corrected chi connectivity index (χ0v) is 13.3. The van der Waals surface area contributed by atoms with Crippen LogP contribution in [0.3, 0.4) is 0 Å². The van der Waals surface area contributed by atoms with Gasteiger partial charge in [0.25, 0.3) is 0 Å². The number of rotatable bonds is 2. The monoisotopic (exact) mass is 358 g/mol. The van der Waals surface area contributed by atoms with Gasteiger partial charge >= 0.3 is 0 Å². The van der Waals surface area contributed by atoms with Crippen molar-refractivity contribution in [3.8, 4) is 23.0 Å². The summed E-state index contributed by atoms with van der Waals surface area (Å²) in [6, 6.07) is 3.24. The van der Waals surface area contributed by atoms with E-state index in [4.69, 9.17) is 9.84 Å². The third kappa shape index (κ3) is 2.03. The summed E-state index contributed by atoms with van der Waals surface area (Å²) in [5.41, 5.74) is -0.824. The lowest BCUT2D eigenvalue weighted by Gasteiger charge is -2.21. The molecule has 2 aromatic carbocycles. The van der Waals surface area contributed by atoms with Crippen LogP contribution in [0.25, 0.3) is 0 Å². The number of phenols is 3. The quantitative estimate of drug-likeness (QED) is 0.451. The lowest BCUT2D eigenvalue weighted by molar-refractivity contribution is -0.0230. The summed E-state index contributed by atoms with van der Waals surface area (Å²) in [6.45, 7) is -0.281. The molecule has 0 fully saturated rings. The number of phenolic OH excluding ortho intramolecular Hbond substituents is 3. The normalized spacial score (nSPS) is 20.4. The van der Waals surface area contributed by atoms with Gasteiger partial charge in [-0.25, -0.2) is 0 Å². The van der Waals surface area contributed by atoms with Crippen LogP contribution < -0.4 is 4.74 Å². The molecule has 0 aromatic heterocycles. The molecule has 2 unspecified atom stereocenters. The Balaban J connectivity index is 1.98. The Bertz CT molecular complexity index is 978. The molecule has 5 N–H and O–H groups in total. The number of carbonyl (C=O) groups excluding carboxylic acids is 2. The predicted molar refractivity (Wildman–Crippen MR) is 85.8 cm³/mol. The predicted octanol–water partition coefficient (Wildman–Crippen LogP) is 0.756. The Hall–Kier alpha value is -3.10. The van der Waals surface area contributed by atoms with E-state index in [0.29, 0.717) is 0 Å². The molecule has 2 aliphatic rings. The van der Waals surface area contributed by atoms with Crippen LogP contribution in [0, 0.1) is 0 Å². The Morgan fingerprint density at radius 1 is 0.962 bits per heavy atom. The zero-order valence-electron chi connectivity index (χ0n) is 13.3. The zero-order chi connectivity index (χ0) is 18.7. The Labute approximate surface area is 146 Å². The summed E-state index contributed by atoms with van der Waals surface area (Å²) in [7, 11) is 0. The van der Waals surface area contributed by atoms with Gasteiger partial charge in [0, 0.05) is 29.4 Å². The number of ether oxygens (including phenoxy) is 1. The van der Waals surface area contributed by atoms with Crippen LogP contribution in [-0.4, -0.2) is 50.0 Å². The summed E-state index contributed by atoms with van der Waals surface area (Å²) in [5.74, 6) is -3.67. The third-order valence-corrected chi connectivity index (χ3v) is 4.75. The molecule has 0 radical (unpaired) electrons. The van der Waals surface area contributed by atoms with Crippen molar-refractivity contribution in [3.05, 3.63) is 46.0 Å². The summed E-state index contributed by atoms with van der Waals surface area (Å²) >= 11 is 0. The SMILES string of the molecule is O=C1c2cc(O)cc(O)c2C(=O)c2c1cc1c(c2O)C(CCO)C(O)O1. The summed E-state index contributed by atoms with van der Waals surface area (Å²) in [6.07, 6.45) is -1.25. The van der Waals surface area contributed by atoms with E-state index in [9.17, 15) is 30.0 Å². The second-order valence-electron chi connectivity index (χ2n) is 6.23. The van der Waals surface area contributed by atoms with Crippen molar-refractivity contribution in [1.29, 1.82) is 0 Å². The molecule has 1 aliphatic carbocycles. The highest BCUT2D eigenvalue weighted by atomic mass is 16.6. The van der Waals surface area contributed by atoms with Crippen LogP contribution >= 0.6 is 0 Å². The van der Waals surface area contributed by atoms with Gasteiger partial charge < -0.3 is 30.3 Å². The van der Waals surface area contributed by atoms with E-state index in [-0.39, 0.29) is 52.3 Å². The van der Waals surface area contributed by atoms with Crippen LogP contribution in [0.15, 0.2) is 18.2 Å². The van der Waals surface area contributed by atoms with E-state index < -0.39 is 35.3 Å². The van der Waals surface area contributed by atoms with E-state index in [2.05, 4.69) is 0 Å². The van der Waals surface area contributed by atoms with E-state index in [1.54, 1.807) is 0 Å². The number of benzene rings is 2. The molecule has 0 saturated carbocycles. The van der Waals surface area contributed by atoms with Gasteiger partial charge in [-0.1, -0.05) is 0 Å². The molecule has 0 bridgehead atoms. The number of hydrogen-bond acceptors (Lipinski definition) is 8. The average molecular weight is 358 g/mol. The van der Waals surface area contributed by atoms with Gasteiger partial charge in [-0.15, -0.1) is 0 Å². The first-order valence-corrected chi connectivity index (χ1v) is 7.86. The third-order valence-electron chi connectivity index (χ3n) is 4.75. The summed E-state index contributed by atoms with van der Waals surface area (Å²) < 4.78 is 5.26. The maximum absolute atomic E-state index is 12.8. The lowest BCUT2D eigenvalue weighted by atomic mass is 9.80. The van der Waals surface area contributed by atoms with Crippen LogP contribution in [0.2, 0.25) is 0 Å². The second kappa shape index (κ2) is 5.45. The summed E-state index contributed by atoms with van der Waals surface area (Å²) in [4.78, 5) is 25.6. The molecule has 26 heavy (non-hydrogen) atoms. The molecule has 1 heterocycles. The smallest absolute Gasteiger partial charge is 0.204 e. The van der Waals surface area contributed by atoms with Crippen molar-refractivity contribution in [3.63, 3.8) is 0 Å². The molecule has 134 valence electrons. The maximum atomic E-state index is 12.8. The molecule has 2 aromatic rings. The average Bonchev–Trinajstić information content (AvgIpc) is 2.88. The van der Waals surface area contributed by atoms with Gasteiger partial charge in [0.1, 0.15) is 23.0 Å². The molecular formula is C18H14O8. The standard InChI is InChI=1S/C18H14O8/c19-2-1-7-13-11(26-18(7)25)5-9-14(17(13)24)16(23)12-8(15(9)22)3-6(20)4-10(12)21/h3-5,7,18-21,24-25H,1-2H2. The van der Waals surface area contributed by atoms with Crippen molar-refractivity contribution in [2.75, 3.05) is 6.61 Å². The maximum Gasteiger partial charge on any atom is 0.204 e. The van der Waals surface area contributed by atoms with Gasteiger partial charge in [0.05, 0.1) is 17.0 Å². The number of aromatic hydroxyl groups is 3. The fourth-order valence-electron chi connectivity index (χ4n) is 3.61. The minimum atomic E-state index is -1.34. The minimum Gasteiger partial charge on any atom is -0.508 e. The van der Waals surface area contributed by atoms with Crippen LogP contribution in [0.5, 0.6) is 23.0 Å². The van der Waals surface area contributed by atoms with Gasteiger partial charge in [0.2, 0.25) is 12.1 Å². The number of hydrogen-bond donors (Lipinski definition) is 5. The topological polar surface area (TPSA) is 145 Å². The van der Waals surface area contributed by atoms with Crippen LogP contribution in [0.1, 0.15) is 49.7 Å². The Morgan fingerprint density at radius 2 is 1.65 bits per heavy atom. The molecule has 8 nitrogen and oxygen atoms in total. The first kappa shape index (κ1) is 16.4. The second-order valence-corrected chi connectivity index (χ2v) is 6.23. The number of aliphatic hydroxyl groups is 2. The first-order valence-electron chi connectivity index (χ1n) is 7.86. The molecule has 2 atom stereocenters. The number of ketones is 2. The van der Waals surface area contributed by atoms with Crippen LogP contribution in [0.4, 0.5) is 0 Å².